The fraction of sp³-hybridized carbons (Fsp3) is 0.263. The van der Waals surface area contributed by atoms with Gasteiger partial charge in [0.25, 0.3) is 0 Å². The highest BCUT2D eigenvalue weighted by Crippen LogP contribution is 2.23. The number of methoxy groups -OCH3 is 1. The number of aromatic carboxylic acids is 1. The van der Waals surface area contributed by atoms with Crippen molar-refractivity contribution in [1.29, 1.82) is 0 Å². The van der Waals surface area contributed by atoms with Crippen LogP contribution in [0.4, 0.5) is 10.1 Å². The molecule has 1 atom stereocenters. The Bertz CT molecular complexity index is 759. The number of nitrogens with one attached hydrogen (secondary N) is 1. The quantitative estimate of drug-likeness (QED) is 0.800. The molecule has 0 heterocycles. The van der Waals surface area contributed by atoms with Crippen LogP contribution in [0.2, 0.25) is 0 Å². The van der Waals surface area contributed by atoms with Gasteiger partial charge < -0.3 is 15.2 Å². The minimum absolute atomic E-state index is 0.0691. The van der Waals surface area contributed by atoms with Crippen molar-refractivity contribution in [1.82, 2.24) is 0 Å². The molecular weight excluding hydrogens is 325 g/mol. The Morgan fingerprint density at radius 3 is 2.44 bits per heavy atom. The van der Waals surface area contributed by atoms with Gasteiger partial charge in [0.05, 0.1) is 18.1 Å². The van der Waals surface area contributed by atoms with Crippen molar-refractivity contribution in [2.75, 3.05) is 12.4 Å². The predicted octanol–water partition coefficient (Wildman–Crippen LogP) is 3.80. The number of carboxylic acid groups (broad SMARTS) is 1. The molecule has 25 heavy (non-hydrogen) atoms. The monoisotopic (exact) mass is 345 g/mol. The van der Waals surface area contributed by atoms with Crippen LogP contribution in [0.15, 0.2) is 42.5 Å². The zero-order valence-electron chi connectivity index (χ0n) is 14.1. The molecule has 5 nitrogen and oxygen atoms in total. The van der Waals surface area contributed by atoms with Crippen LogP contribution in [0.1, 0.15) is 40.7 Å². The van der Waals surface area contributed by atoms with Crippen LogP contribution >= 0.6 is 0 Å². The maximum atomic E-state index is 13.1. The third-order valence-corrected chi connectivity index (χ3v) is 3.82. The number of ether oxygens (including phenoxy) is 1. The van der Waals surface area contributed by atoms with Gasteiger partial charge in [-0.1, -0.05) is 19.1 Å². The average molecular weight is 345 g/mol. The molecule has 1 amide bonds. The Morgan fingerprint density at radius 2 is 1.88 bits per heavy atom. The van der Waals surface area contributed by atoms with E-state index in [-0.39, 0.29) is 23.9 Å². The van der Waals surface area contributed by atoms with Crippen molar-refractivity contribution in [2.45, 2.75) is 25.9 Å². The van der Waals surface area contributed by atoms with Gasteiger partial charge in [0.15, 0.2) is 0 Å². The molecule has 132 valence electrons. The van der Waals surface area contributed by atoms with Crippen molar-refractivity contribution in [3.63, 3.8) is 0 Å². The van der Waals surface area contributed by atoms with E-state index in [0.29, 0.717) is 23.2 Å². The van der Waals surface area contributed by atoms with Crippen LogP contribution in [0.25, 0.3) is 0 Å². The molecule has 0 aromatic heterocycles. The highest BCUT2D eigenvalue weighted by Gasteiger charge is 2.19. The third kappa shape index (κ3) is 4.87. The molecule has 1 unspecified atom stereocenters. The SMILES string of the molecule is CCC(C(=O)Nc1cc(COC)cc(C(=O)O)c1)c1ccc(F)cc1. The van der Waals surface area contributed by atoms with Gasteiger partial charge in [-0.3, -0.25) is 4.79 Å². The van der Waals surface area contributed by atoms with Gasteiger partial charge in [0, 0.05) is 12.8 Å². The number of amides is 1. The maximum Gasteiger partial charge on any atom is 0.335 e. The van der Waals surface area contributed by atoms with Crippen LogP contribution in [0, 0.1) is 5.82 Å². The minimum atomic E-state index is -1.08. The largest absolute Gasteiger partial charge is 0.478 e. The highest BCUT2D eigenvalue weighted by atomic mass is 19.1. The molecule has 6 heteroatoms. The molecule has 0 radical (unpaired) electrons. The normalized spacial score (nSPS) is 11.8. The summed E-state index contributed by atoms with van der Waals surface area (Å²) in [4.78, 5) is 23.8. The zero-order chi connectivity index (χ0) is 18.4. The molecule has 0 aliphatic rings. The fourth-order valence-corrected chi connectivity index (χ4v) is 2.63. The van der Waals surface area contributed by atoms with E-state index < -0.39 is 11.9 Å². The van der Waals surface area contributed by atoms with E-state index in [0.717, 1.165) is 0 Å². The first-order valence-corrected chi connectivity index (χ1v) is 7.87. The van der Waals surface area contributed by atoms with E-state index in [1.165, 1.54) is 31.4 Å². The molecule has 2 N–H and O–H groups in total. The maximum absolute atomic E-state index is 13.1. The molecule has 0 aliphatic carbocycles. The fourth-order valence-electron chi connectivity index (χ4n) is 2.63. The van der Waals surface area contributed by atoms with Crippen LogP contribution in [-0.2, 0) is 16.1 Å². The Kier molecular flexibility index (Phi) is 6.25. The molecule has 2 aromatic carbocycles. The molecule has 0 fully saturated rings. The lowest BCUT2D eigenvalue weighted by Crippen LogP contribution is -2.21. The van der Waals surface area contributed by atoms with Crippen molar-refractivity contribution in [3.05, 3.63) is 65.0 Å². The Labute approximate surface area is 145 Å². The lowest BCUT2D eigenvalue weighted by Gasteiger charge is -2.16. The molecule has 2 rings (SSSR count). The lowest BCUT2D eigenvalue weighted by atomic mass is 9.95. The van der Waals surface area contributed by atoms with Crippen LogP contribution in [0.3, 0.4) is 0 Å². The van der Waals surface area contributed by atoms with Crippen LogP contribution < -0.4 is 5.32 Å². The standard InChI is InChI=1S/C19H20FNO4/c1-3-17(13-4-6-15(20)7-5-13)18(22)21-16-9-12(11-25-2)8-14(10-16)19(23)24/h4-10,17H,3,11H2,1-2H3,(H,21,22)(H,23,24). The summed E-state index contributed by atoms with van der Waals surface area (Å²) in [6.45, 7) is 2.09. The second kappa shape index (κ2) is 8.39. The Hall–Kier alpha value is -2.73. The van der Waals surface area contributed by atoms with E-state index in [1.807, 2.05) is 6.92 Å². The summed E-state index contributed by atoms with van der Waals surface area (Å²) in [5.41, 5.74) is 1.80. The number of carboxylic acids is 1. The van der Waals surface area contributed by atoms with Gasteiger partial charge in [-0.05, 0) is 47.9 Å². The number of carbonyl (C=O) groups excluding carboxylic acids is 1. The van der Waals surface area contributed by atoms with Gasteiger partial charge in [0.1, 0.15) is 5.82 Å². The topological polar surface area (TPSA) is 75.6 Å². The molecule has 2 aromatic rings. The number of benzene rings is 2. The van der Waals surface area contributed by atoms with Gasteiger partial charge in [-0.15, -0.1) is 0 Å². The highest BCUT2D eigenvalue weighted by molar-refractivity contribution is 5.97. The van der Waals surface area contributed by atoms with E-state index in [9.17, 15) is 19.1 Å². The molecule has 0 saturated heterocycles. The van der Waals surface area contributed by atoms with Gasteiger partial charge >= 0.3 is 5.97 Å². The van der Waals surface area contributed by atoms with E-state index in [4.69, 9.17) is 4.74 Å². The second-order valence-corrected chi connectivity index (χ2v) is 5.66. The number of rotatable bonds is 7. The summed E-state index contributed by atoms with van der Waals surface area (Å²) in [6.07, 6.45) is 0.529. The first-order chi connectivity index (χ1) is 11.9. The molecular formula is C19H20FNO4. The van der Waals surface area contributed by atoms with Crippen LogP contribution in [0.5, 0.6) is 0 Å². The number of carbonyl (C=O) groups is 2. The lowest BCUT2D eigenvalue weighted by molar-refractivity contribution is -0.117. The van der Waals surface area contributed by atoms with E-state index in [1.54, 1.807) is 18.2 Å². The number of hydrogen-bond donors (Lipinski definition) is 2. The second-order valence-electron chi connectivity index (χ2n) is 5.66. The molecule has 0 spiro atoms. The first-order valence-electron chi connectivity index (χ1n) is 7.87. The molecule has 0 aliphatic heterocycles. The predicted molar refractivity (Wildman–Crippen MR) is 92.2 cm³/mol. The van der Waals surface area contributed by atoms with Gasteiger partial charge in [-0.25, -0.2) is 9.18 Å². The summed E-state index contributed by atoms with van der Waals surface area (Å²) in [6, 6.07) is 10.3. The Balaban J connectivity index is 2.25. The number of hydrogen-bond acceptors (Lipinski definition) is 3. The summed E-state index contributed by atoms with van der Waals surface area (Å²) < 4.78 is 18.1. The summed E-state index contributed by atoms with van der Waals surface area (Å²) in [7, 11) is 1.51. The van der Waals surface area contributed by atoms with Crippen molar-refractivity contribution in [3.8, 4) is 0 Å². The van der Waals surface area contributed by atoms with Crippen molar-refractivity contribution >= 4 is 17.6 Å². The van der Waals surface area contributed by atoms with Gasteiger partial charge in [0.2, 0.25) is 5.91 Å². The number of anilines is 1. The molecule has 0 bridgehead atoms. The zero-order valence-corrected chi connectivity index (χ0v) is 14.1. The summed E-state index contributed by atoms with van der Waals surface area (Å²) >= 11 is 0. The smallest absolute Gasteiger partial charge is 0.335 e. The number of halogens is 1. The van der Waals surface area contributed by atoms with Crippen LogP contribution in [-0.4, -0.2) is 24.1 Å². The van der Waals surface area contributed by atoms with Gasteiger partial charge in [-0.2, -0.15) is 0 Å². The van der Waals surface area contributed by atoms with Crippen molar-refractivity contribution in [2.24, 2.45) is 0 Å². The van der Waals surface area contributed by atoms with E-state index >= 15 is 0 Å². The minimum Gasteiger partial charge on any atom is -0.478 e. The van der Waals surface area contributed by atoms with E-state index in [2.05, 4.69) is 5.32 Å². The Morgan fingerprint density at radius 1 is 1.20 bits per heavy atom. The van der Waals surface area contributed by atoms with Crippen molar-refractivity contribution < 1.29 is 23.8 Å². The molecule has 0 saturated carbocycles. The summed E-state index contributed by atoms with van der Waals surface area (Å²) in [5, 5.41) is 12.0. The first kappa shape index (κ1) is 18.6. The average Bonchev–Trinajstić information content (AvgIpc) is 2.57. The summed E-state index contributed by atoms with van der Waals surface area (Å²) in [5.74, 6) is -2.18. The third-order valence-electron chi connectivity index (χ3n) is 3.82.